The molecule has 0 atom stereocenters. The van der Waals surface area contributed by atoms with Crippen LogP contribution < -0.4 is 10.5 Å². The lowest BCUT2D eigenvalue weighted by Gasteiger charge is -2.23. The van der Waals surface area contributed by atoms with Gasteiger partial charge >= 0.3 is 0 Å². The molecule has 0 bridgehead atoms. The molecule has 5 nitrogen and oxygen atoms in total. The molecule has 0 unspecified atom stereocenters. The molecule has 0 amide bonds. The fourth-order valence-corrected chi connectivity index (χ4v) is 4.75. The van der Waals surface area contributed by atoms with E-state index in [1.807, 2.05) is 30.3 Å². The monoisotopic (exact) mass is 480 g/mol. The minimum absolute atomic E-state index is 0.108. The van der Waals surface area contributed by atoms with Gasteiger partial charge in [-0.15, -0.1) is 0 Å². The molecule has 1 heterocycles. The van der Waals surface area contributed by atoms with Crippen molar-refractivity contribution in [3.8, 4) is 0 Å². The number of halogens is 1. The molecule has 0 aliphatic heterocycles. The molecule has 6 heteroatoms. The molecule has 0 N–H and O–H groups in total. The highest BCUT2D eigenvalue weighted by atomic mass is 79.9. The summed E-state index contributed by atoms with van der Waals surface area (Å²) in [5.74, 6) is 1.06. The Morgan fingerprint density at radius 3 is 2.48 bits per heavy atom. The Kier molecular flexibility index (Phi) is 6.86. The minimum Gasteiger partial charge on any atom is -0.372 e. The maximum Gasteiger partial charge on any atom is 0.282 e. The van der Waals surface area contributed by atoms with E-state index >= 15 is 0 Å². The van der Waals surface area contributed by atoms with Crippen LogP contribution in [0.5, 0.6) is 0 Å². The molecule has 1 aromatic heterocycles. The molecular formula is C25H29BrN4O. The lowest BCUT2D eigenvalue weighted by molar-refractivity contribution is 0.416. The van der Waals surface area contributed by atoms with E-state index < -0.39 is 0 Å². The Morgan fingerprint density at radius 1 is 1.10 bits per heavy atom. The Balaban J connectivity index is 1.74. The number of aromatic nitrogens is 2. The van der Waals surface area contributed by atoms with Gasteiger partial charge in [-0.1, -0.05) is 47.3 Å². The standard InChI is InChI=1S/C25H29BrN4O/c1-3-29(4-2)21-13-10-18(11-14-21)17-27-30-24(19-8-6-5-7-9-19)28-23-15-12-20(26)16-22(23)25(30)31/h10-17,19H,3-9H2,1-2H3. The van der Waals surface area contributed by atoms with Crippen LogP contribution in [0.1, 0.15) is 63.3 Å². The molecule has 1 aliphatic rings. The van der Waals surface area contributed by atoms with E-state index in [0.29, 0.717) is 5.39 Å². The number of nitrogens with zero attached hydrogens (tertiary/aromatic N) is 4. The molecule has 2 aromatic carbocycles. The Hall–Kier alpha value is -2.47. The second-order valence-corrected chi connectivity index (χ2v) is 9.01. The first kappa shape index (κ1) is 21.8. The van der Waals surface area contributed by atoms with Gasteiger partial charge in [-0.25, -0.2) is 4.98 Å². The van der Waals surface area contributed by atoms with Gasteiger partial charge in [-0.3, -0.25) is 4.79 Å². The van der Waals surface area contributed by atoms with Gasteiger partial charge in [0, 0.05) is 29.2 Å². The summed E-state index contributed by atoms with van der Waals surface area (Å²) in [7, 11) is 0. The zero-order valence-electron chi connectivity index (χ0n) is 18.2. The smallest absolute Gasteiger partial charge is 0.282 e. The normalized spacial score (nSPS) is 15.1. The highest BCUT2D eigenvalue weighted by molar-refractivity contribution is 9.10. The van der Waals surface area contributed by atoms with Crippen LogP contribution in [0.25, 0.3) is 10.9 Å². The third-order valence-electron chi connectivity index (χ3n) is 6.15. The van der Waals surface area contributed by atoms with Gasteiger partial charge in [0.2, 0.25) is 0 Å². The van der Waals surface area contributed by atoms with Crippen LogP contribution in [0, 0.1) is 0 Å². The third kappa shape index (κ3) is 4.74. The summed E-state index contributed by atoms with van der Waals surface area (Å²) in [4.78, 5) is 20.6. The van der Waals surface area contributed by atoms with E-state index in [2.05, 4.69) is 51.9 Å². The third-order valence-corrected chi connectivity index (χ3v) is 6.64. The summed E-state index contributed by atoms with van der Waals surface area (Å²) in [5.41, 5.74) is 2.79. The van der Waals surface area contributed by atoms with Gasteiger partial charge in [-0.05, 0) is 62.6 Å². The molecule has 0 saturated heterocycles. The summed E-state index contributed by atoms with van der Waals surface area (Å²) < 4.78 is 2.40. The van der Waals surface area contributed by atoms with Crippen LogP contribution in [0.2, 0.25) is 0 Å². The van der Waals surface area contributed by atoms with Crippen molar-refractivity contribution < 1.29 is 0 Å². The zero-order chi connectivity index (χ0) is 21.8. The van der Waals surface area contributed by atoms with Crippen molar-refractivity contribution >= 4 is 38.7 Å². The predicted octanol–water partition coefficient (Wildman–Crippen LogP) is 5.94. The van der Waals surface area contributed by atoms with E-state index in [1.54, 1.807) is 6.21 Å². The number of fused-ring (bicyclic) bond motifs is 1. The van der Waals surface area contributed by atoms with Gasteiger partial charge < -0.3 is 4.90 Å². The molecule has 1 fully saturated rings. The summed E-state index contributed by atoms with van der Waals surface area (Å²) in [5, 5.41) is 5.22. The molecule has 4 rings (SSSR count). The molecule has 0 radical (unpaired) electrons. The first-order valence-corrected chi connectivity index (χ1v) is 12.0. The van der Waals surface area contributed by atoms with Crippen LogP contribution in [-0.4, -0.2) is 29.0 Å². The van der Waals surface area contributed by atoms with E-state index in [-0.39, 0.29) is 11.5 Å². The molecule has 162 valence electrons. The highest BCUT2D eigenvalue weighted by Gasteiger charge is 2.22. The van der Waals surface area contributed by atoms with Crippen molar-refractivity contribution in [1.82, 2.24) is 9.66 Å². The van der Waals surface area contributed by atoms with Crippen LogP contribution in [0.3, 0.4) is 0 Å². The maximum atomic E-state index is 13.4. The lowest BCUT2D eigenvalue weighted by Crippen LogP contribution is -2.25. The van der Waals surface area contributed by atoms with Crippen molar-refractivity contribution in [2.24, 2.45) is 5.10 Å². The van der Waals surface area contributed by atoms with Crippen molar-refractivity contribution in [1.29, 1.82) is 0 Å². The summed E-state index contributed by atoms with van der Waals surface area (Å²) >= 11 is 3.47. The second-order valence-electron chi connectivity index (χ2n) is 8.09. The zero-order valence-corrected chi connectivity index (χ0v) is 19.8. The van der Waals surface area contributed by atoms with E-state index in [9.17, 15) is 4.79 Å². The van der Waals surface area contributed by atoms with Gasteiger partial charge in [0.25, 0.3) is 5.56 Å². The fraction of sp³-hybridized carbons (Fsp3) is 0.400. The second kappa shape index (κ2) is 9.77. The van der Waals surface area contributed by atoms with Crippen molar-refractivity contribution in [2.75, 3.05) is 18.0 Å². The van der Waals surface area contributed by atoms with Gasteiger partial charge in [0.15, 0.2) is 0 Å². The van der Waals surface area contributed by atoms with Gasteiger partial charge in [0.1, 0.15) is 5.82 Å². The molecule has 31 heavy (non-hydrogen) atoms. The number of anilines is 1. The van der Waals surface area contributed by atoms with Crippen molar-refractivity contribution in [3.05, 3.63) is 68.7 Å². The largest absolute Gasteiger partial charge is 0.372 e. The highest BCUT2D eigenvalue weighted by Crippen LogP contribution is 2.32. The molecular weight excluding hydrogens is 452 g/mol. The molecule has 0 spiro atoms. The number of hydrogen-bond donors (Lipinski definition) is 0. The molecule has 1 saturated carbocycles. The Bertz CT molecular complexity index is 1130. The topological polar surface area (TPSA) is 50.5 Å². The quantitative estimate of drug-likeness (QED) is 0.410. The minimum atomic E-state index is -0.108. The van der Waals surface area contributed by atoms with Gasteiger partial charge in [-0.2, -0.15) is 9.78 Å². The maximum absolute atomic E-state index is 13.4. The van der Waals surface area contributed by atoms with Crippen molar-refractivity contribution in [3.63, 3.8) is 0 Å². The predicted molar refractivity (Wildman–Crippen MR) is 133 cm³/mol. The number of rotatable bonds is 6. The first-order valence-electron chi connectivity index (χ1n) is 11.2. The van der Waals surface area contributed by atoms with Crippen LogP contribution in [-0.2, 0) is 0 Å². The Labute approximate surface area is 191 Å². The summed E-state index contributed by atoms with van der Waals surface area (Å²) in [6, 6.07) is 14.0. The summed E-state index contributed by atoms with van der Waals surface area (Å²) in [6.07, 6.45) is 7.49. The number of hydrogen-bond acceptors (Lipinski definition) is 4. The Morgan fingerprint density at radius 2 is 1.81 bits per heavy atom. The first-order chi connectivity index (χ1) is 15.1. The SMILES string of the molecule is CCN(CC)c1ccc(C=Nn2c(C3CCCCC3)nc3ccc(Br)cc3c2=O)cc1. The van der Waals surface area contributed by atoms with Gasteiger partial charge in [0.05, 0.1) is 17.1 Å². The number of benzene rings is 2. The lowest BCUT2D eigenvalue weighted by atomic mass is 9.88. The summed E-state index contributed by atoms with van der Waals surface area (Å²) in [6.45, 7) is 6.26. The van der Waals surface area contributed by atoms with Crippen LogP contribution in [0.15, 0.2) is 56.8 Å². The van der Waals surface area contributed by atoms with E-state index in [1.165, 1.54) is 29.6 Å². The van der Waals surface area contributed by atoms with E-state index in [4.69, 9.17) is 4.98 Å². The fourth-order valence-electron chi connectivity index (χ4n) is 4.39. The molecule has 1 aliphatic carbocycles. The van der Waals surface area contributed by atoms with Crippen molar-refractivity contribution in [2.45, 2.75) is 51.9 Å². The average Bonchev–Trinajstić information content (AvgIpc) is 2.81. The average molecular weight is 481 g/mol. The molecule has 3 aromatic rings. The van der Waals surface area contributed by atoms with Crippen LogP contribution in [0.4, 0.5) is 5.69 Å². The van der Waals surface area contributed by atoms with Crippen LogP contribution >= 0.6 is 15.9 Å². The van der Waals surface area contributed by atoms with E-state index in [0.717, 1.165) is 47.3 Å².